The molecule has 1 aromatic heterocycles. The number of alkyl halides is 3. The smallest absolute Gasteiger partial charge is 0.416 e. The van der Waals surface area contributed by atoms with Gasteiger partial charge in [0.05, 0.1) is 36.6 Å². The first-order valence-electron chi connectivity index (χ1n) is 11.7. The van der Waals surface area contributed by atoms with Crippen molar-refractivity contribution in [2.24, 2.45) is 0 Å². The number of hydrogen-bond donors (Lipinski definition) is 0. The second-order valence-corrected chi connectivity index (χ2v) is 10.0. The number of aromatic nitrogens is 3. The van der Waals surface area contributed by atoms with Crippen molar-refractivity contribution >= 4 is 6.09 Å². The molecule has 0 aliphatic carbocycles. The lowest BCUT2D eigenvalue weighted by Gasteiger charge is -2.24. The van der Waals surface area contributed by atoms with Crippen LogP contribution in [0.15, 0.2) is 30.5 Å². The van der Waals surface area contributed by atoms with E-state index in [0.29, 0.717) is 25.3 Å². The first-order valence-corrected chi connectivity index (χ1v) is 11.7. The number of ether oxygens (including phenoxy) is 3. The van der Waals surface area contributed by atoms with Crippen LogP contribution in [-0.4, -0.2) is 64.0 Å². The third-order valence-electron chi connectivity index (χ3n) is 6.14. The number of halogens is 3. The topological polar surface area (TPSA) is 78.7 Å². The molecule has 2 aromatic rings. The van der Waals surface area contributed by atoms with Crippen LogP contribution in [0.2, 0.25) is 0 Å². The van der Waals surface area contributed by atoms with Crippen LogP contribution in [0, 0.1) is 0 Å². The Morgan fingerprint density at radius 2 is 1.80 bits per heavy atom. The normalized spacial score (nSPS) is 21.9. The van der Waals surface area contributed by atoms with E-state index >= 15 is 0 Å². The molecule has 1 amide bonds. The van der Waals surface area contributed by atoms with Crippen molar-refractivity contribution in [3.63, 3.8) is 0 Å². The van der Waals surface area contributed by atoms with Crippen molar-refractivity contribution in [2.75, 3.05) is 26.3 Å². The number of carbonyl (C=O) groups excluding carboxylic acids is 1. The first-order chi connectivity index (χ1) is 16.5. The predicted octanol–water partition coefficient (Wildman–Crippen LogP) is 4.57. The summed E-state index contributed by atoms with van der Waals surface area (Å²) in [5.74, 6) is 0.271. The van der Waals surface area contributed by atoms with Crippen LogP contribution in [0.3, 0.4) is 0 Å². The van der Waals surface area contributed by atoms with Crippen molar-refractivity contribution in [1.82, 2.24) is 19.9 Å². The average Bonchev–Trinajstić information content (AvgIpc) is 3.44. The SMILES string of the molecule is CC(C)(C)OC(=O)N1C[C@@H](n2cc(C3CCOCC3)nn2)[C@H](OCc2ccc(C(F)(F)F)cc2)C1. The molecule has 2 aliphatic rings. The van der Waals surface area contributed by atoms with Crippen LogP contribution < -0.4 is 0 Å². The summed E-state index contributed by atoms with van der Waals surface area (Å²) in [6.07, 6.45) is -1.63. The fourth-order valence-corrected chi connectivity index (χ4v) is 4.28. The van der Waals surface area contributed by atoms with Crippen molar-refractivity contribution < 1.29 is 32.2 Å². The Kier molecular flexibility index (Phi) is 7.37. The minimum atomic E-state index is -4.39. The summed E-state index contributed by atoms with van der Waals surface area (Å²) >= 11 is 0. The number of carbonyl (C=O) groups is 1. The Labute approximate surface area is 202 Å². The van der Waals surface area contributed by atoms with E-state index in [1.165, 1.54) is 12.1 Å². The molecule has 2 fully saturated rings. The van der Waals surface area contributed by atoms with E-state index in [0.717, 1.165) is 30.7 Å². The molecular weight excluding hydrogens is 465 g/mol. The first kappa shape index (κ1) is 25.4. The molecule has 4 rings (SSSR count). The Morgan fingerprint density at radius 3 is 2.43 bits per heavy atom. The fourth-order valence-electron chi connectivity index (χ4n) is 4.28. The molecule has 8 nitrogen and oxygen atoms in total. The molecule has 2 atom stereocenters. The van der Waals surface area contributed by atoms with Gasteiger partial charge in [-0.1, -0.05) is 17.3 Å². The Hall–Kier alpha value is -2.66. The van der Waals surface area contributed by atoms with Crippen molar-refractivity contribution in [2.45, 2.75) is 70.1 Å². The number of amides is 1. The second kappa shape index (κ2) is 10.1. The van der Waals surface area contributed by atoms with Crippen molar-refractivity contribution in [1.29, 1.82) is 0 Å². The number of rotatable bonds is 5. The van der Waals surface area contributed by atoms with Gasteiger partial charge in [0.2, 0.25) is 0 Å². The van der Waals surface area contributed by atoms with E-state index in [9.17, 15) is 18.0 Å². The number of hydrogen-bond acceptors (Lipinski definition) is 6. The van der Waals surface area contributed by atoms with Gasteiger partial charge in [0.25, 0.3) is 0 Å². The largest absolute Gasteiger partial charge is 0.444 e. The molecule has 2 saturated heterocycles. The van der Waals surface area contributed by atoms with Gasteiger partial charge in [-0.3, -0.25) is 0 Å². The van der Waals surface area contributed by atoms with Gasteiger partial charge >= 0.3 is 12.3 Å². The molecule has 0 spiro atoms. The van der Waals surface area contributed by atoms with Crippen LogP contribution in [0.5, 0.6) is 0 Å². The van der Waals surface area contributed by atoms with E-state index in [1.54, 1.807) is 30.4 Å². The summed E-state index contributed by atoms with van der Waals surface area (Å²) in [5, 5.41) is 8.69. The summed E-state index contributed by atoms with van der Waals surface area (Å²) < 4.78 is 57.4. The quantitative estimate of drug-likeness (QED) is 0.604. The molecule has 35 heavy (non-hydrogen) atoms. The van der Waals surface area contributed by atoms with Gasteiger partial charge in [0, 0.05) is 31.9 Å². The van der Waals surface area contributed by atoms with Crippen LogP contribution in [0.1, 0.15) is 62.4 Å². The van der Waals surface area contributed by atoms with Gasteiger partial charge in [-0.05, 0) is 51.3 Å². The molecule has 2 aliphatic heterocycles. The molecule has 3 heterocycles. The average molecular weight is 497 g/mol. The van der Waals surface area contributed by atoms with E-state index in [-0.39, 0.29) is 25.1 Å². The Bertz CT molecular complexity index is 997. The maximum Gasteiger partial charge on any atom is 0.416 e. The third kappa shape index (κ3) is 6.52. The van der Waals surface area contributed by atoms with E-state index < -0.39 is 29.5 Å². The maximum absolute atomic E-state index is 12.9. The summed E-state index contributed by atoms with van der Waals surface area (Å²) in [4.78, 5) is 14.3. The highest BCUT2D eigenvalue weighted by Gasteiger charge is 2.40. The zero-order valence-corrected chi connectivity index (χ0v) is 20.1. The molecule has 0 bridgehead atoms. The Balaban J connectivity index is 1.48. The van der Waals surface area contributed by atoms with Gasteiger partial charge in [-0.15, -0.1) is 5.10 Å². The molecule has 0 radical (unpaired) electrons. The van der Waals surface area contributed by atoms with Gasteiger partial charge in [-0.2, -0.15) is 13.2 Å². The number of nitrogens with zero attached hydrogens (tertiary/aromatic N) is 4. The summed E-state index contributed by atoms with van der Waals surface area (Å²) in [6, 6.07) is 4.57. The second-order valence-electron chi connectivity index (χ2n) is 10.0. The highest BCUT2D eigenvalue weighted by molar-refractivity contribution is 5.68. The van der Waals surface area contributed by atoms with Crippen LogP contribution in [0.25, 0.3) is 0 Å². The highest BCUT2D eigenvalue weighted by atomic mass is 19.4. The predicted molar refractivity (Wildman–Crippen MR) is 120 cm³/mol. The van der Waals surface area contributed by atoms with Crippen molar-refractivity contribution in [3.05, 3.63) is 47.3 Å². The lowest BCUT2D eigenvalue weighted by Crippen LogP contribution is -2.36. The molecule has 11 heteroatoms. The van der Waals surface area contributed by atoms with Gasteiger partial charge < -0.3 is 19.1 Å². The molecule has 0 N–H and O–H groups in total. The van der Waals surface area contributed by atoms with Crippen molar-refractivity contribution in [3.8, 4) is 0 Å². The third-order valence-corrected chi connectivity index (χ3v) is 6.14. The molecule has 1 aromatic carbocycles. The van der Waals surface area contributed by atoms with Gasteiger partial charge in [-0.25, -0.2) is 9.48 Å². The molecule has 0 unspecified atom stereocenters. The zero-order chi connectivity index (χ0) is 25.2. The Morgan fingerprint density at radius 1 is 1.11 bits per heavy atom. The van der Waals surface area contributed by atoms with Crippen LogP contribution in [-0.2, 0) is 27.0 Å². The lowest BCUT2D eigenvalue weighted by molar-refractivity contribution is -0.137. The lowest BCUT2D eigenvalue weighted by atomic mass is 9.97. The standard InChI is InChI=1S/C24H31F3N4O4/c1-23(2,3)35-22(32)30-13-20(31-12-19(28-29-31)17-8-10-33-11-9-17)21(14-30)34-15-16-4-6-18(7-5-16)24(25,26)27/h4-7,12,17,20-21H,8-11,13-15H2,1-3H3/t20-,21-/m1/s1. The van der Waals surface area contributed by atoms with E-state index in [4.69, 9.17) is 14.2 Å². The summed E-state index contributed by atoms with van der Waals surface area (Å²) in [5.41, 5.74) is 0.133. The minimum absolute atomic E-state index is 0.100. The zero-order valence-electron chi connectivity index (χ0n) is 20.1. The molecule has 0 saturated carbocycles. The van der Waals surface area contributed by atoms with Crippen LogP contribution >= 0.6 is 0 Å². The highest BCUT2D eigenvalue weighted by Crippen LogP contribution is 2.31. The summed E-state index contributed by atoms with van der Waals surface area (Å²) in [6.45, 7) is 7.47. The van der Waals surface area contributed by atoms with Gasteiger partial charge in [0.1, 0.15) is 5.60 Å². The number of benzene rings is 1. The van der Waals surface area contributed by atoms with E-state index in [1.807, 2.05) is 6.20 Å². The van der Waals surface area contributed by atoms with E-state index in [2.05, 4.69) is 10.3 Å². The summed E-state index contributed by atoms with van der Waals surface area (Å²) in [7, 11) is 0. The van der Waals surface area contributed by atoms with Crippen LogP contribution in [0.4, 0.5) is 18.0 Å². The monoisotopic (exact) mass is 496 g/mol. The molecular formula is C24H31F3N4O4. The minimum Gasteiger partial charge on any atom is -0.444 e. The maximum atomic E-state index is 12.9. The van der Waals surface area contributed by atoms with Gasteiger partial charge in [0.15, 0.2) is 0 Å². The fraction of sp³-hybridized carbons (Fsp3) is 0.625. The molecule has 192 valence electrons. The number of likely N-dealkylation sites (tertiary alicyclic amines) is 1.